The van der Waals surface area contributed by atoms with Gasteiger partial charge in [-0.3, -0.25) is 4.79 Å². The standard InChI is InChI=1S/C17H20BrN3O3S2/c1-3-8-21-14-7-6-13(18)10-15(14)25-17(21)19-16(22)12-5-4-9-20(11-12)26(2,23)24/h3,6-7,10,12H,1,4-5,8-9,11H2,2H3. The van der Waals surface area contributed by atoms with Gasteiger partial charge in [0.05, 0.1) is 22.4 Å². The lowest BCUT2D eigenvalue weighted by atomic mass is 9.99. The summed E-state index contributed by atoms with van der Waals surface area (Å²) in [4.78, 5) is 17.7. The molecule has 1 amide bonds. The molecule has 1 aromatic heterocycles. The first-order chi connectivity index (χ1) is 12.3. The summed E-state index contributed by atoms with van der Waals surface area (Å²) in [6.45, 7) is 5.01. The largest absolute Gasteiger partial charge is 0.313 e. The van der Waals surface area contributed by atoms with Gasteiger partial charge < -0.3 is 4.57 Å². The topological polar surface area (TPSA) is 71.7 Å². The number of carbonyl (C=O) groups excluding carboxylic acids is 1. The molecular formula is C17H20BrN3O3S2. The number of hydrogen-bond donors (Lipinski definition) is 0. The third-order valence-electron chi connectivity index (χ3n) is 4.36. The molecule has 1 aliphatic rings. The van der Waals surface area contributed by atoms with E-state index in [1.807, 2.05) is 22.8 Å². The molecule has 0 saturated carbocycles. The fourth-order valence-electron chi connectivity index (χ4n) is 3.07. The Morgan fingerprint density at radius 2 is 2.27 bits per heavy atom. The third kappa shape index (κ3) is 4.16. The molecule has 0 aliphatic carbocycles. The van der Waals surface area contributed by atoms with E-state index in [9.17, 15) is 13.2 Å². The molecule has 2 heterocycles. The van der Waals surface area contributed by atoms with Gasteiger partial charge in [-0.25, -0.2) is 12.7 Å². The monoisotopic (exact) mass is 457 g/mol. The first-order valence-corrected chi connectivity index (χ1v) is 11.7. The summed E-state index contributed by atoms with van der Waals surface area (Å²) >= 11 is 4.90. The van der Waals surface area contributed by atoms with Gasteiger partial charge in [-0.2, -0.15) is 4.99 Å². The van der Waals surface area contributed by atoms with Gasteiger partial charge in [-0.1, -0.05) is 33.3 Å². The average molecular weight is 458 g/mol. The molecule has 0 bridgehead atoms. The summed E-state index contributed by atoms with van der Waals surface area (Å²) < 4.78 is 28.8. The van der Waals surface area contributed by atoms with E-state index in [-0.39, 0.29) is 12.5 Å². The number of benzene rings is 1. The molecule has 0 radical (unpaired) electrons. The van der Waals surface area contributed by atoms with Gasteiger partial charge in [0.2, 0.25) is 10.0 Å². The number of fused-ring (bicyclic) bond motifs is 1. The number of hydrogen-bond acceptors (Lipinski definition) is 4. The molecular weight excluding hydrogens is 438 g/mol. The van der Waals surface area contributed by atoms with Crippen LogP contribution in [-0.2, 0) is 21.4 Å². The maximum absolute atomic E-state index is 12.7. The molecule has 1 atom stereocenters. The van der Waals surface area contributed by atoms with Crippen LogP contribution < -0.4 is 4.80 Å². The van der Waals surface area contributed by atoms with Crippen molar-refractivity contribution >= 4 is 53.4 Å². The summed E-state index contributed by atoms with van der Waals surface area (Å²) in [6.07, 6.45) is 4.28. The molecule has 0 spiro atoms. The van der Waals surface area contributed by atoms with Crippen molar-refractivity contribution in [3.63, 3.8) is 0 Å². The second kappa shape index (κ2) is 7.75. The number of rotatable bonds is 4. The van der Waals surface area contributed by atoms with Crippen LogP contribution in [0, 0.1) is 5.92 Å². The number of nitrogens with zero attached hydrogens (tertiary/aromatic N) is 3. The molecule has 3 rings (SSSR count). The lowest BCUT2D eigenvalue weighted by Crippen LogP contribution is -2.41. The van der Waals surface area contributed by atoms with Crippen molar-refractivity contribution < 1.29 is 13.2 Å². The number of sulfonamides is 1. The van der Waals surface area contributed by atoms with Crippen LogP contribution >= 0.6 is 27.3 Å². The second-order valence-electron chi connectivity index (χ2n) is 6.31. The molecule has 1 aliphatic heterocycles. The molecule has 2 aromatic rings. The summed E-state index contributed by atoms with van der Waals surface area (Å²) in [5.41, 5.74) is 0.992. The Balaban J connectivity index is 1.97. The Kier molecular flexibility index (Phi) is 5.81. The van der Waals surface area contributed by atoms with Crippen LogP contribution in [0.4, 0.5) is 0 Å². The number of aromatic nitrogens is 1. The molecule has 1 aromatic carbocycles. The van der Waals surface area contributed by atoms with E-state index in [0.29, 0.717) is 30.7 Å². The van der Waals surface area contributed by atoms with Gasteiger partial charge in [0, 0.05) is 24.1 Å². The van der Waals surface area contributed by atoms with Crippen molar-refractivity contribution in [3.05, 3.63) is 40.1 Å². The minimum atomic E-state index is -3.29. The zero-order valence-electron chi connectivity index (χ0n) is 14.4. The highest BCUT2D eigenvalue weighted by molar-refractivity contribution is 9.10. The summed E-state index contributed by atoms with van der Waals surface area (Å²) in [5.74, 6) is -0.658. The van der Waals surface area contributed by atoms with Gasteiger partial charge in [0.25, 0.3) is 5.91 Å². The minimum Gasteiger partial charge on any atom is -0.313 e. The Morgan fingerprint density at radius 3 is 2.96 bits per heavy atom. The molecule has 140 valence electrons. The van der Waals surface area contributed by atoms with Gasteiger partial charge in [0.1, 0.15) is 0 Å². The fourth-order valence-corrected chi connectivity index (χ4v) is 5.58. The smallest absolute Gasteiger partial charge is 0.252 e. The van der Waals surface area contributed by atoms with E-state index in [1.165, 1.54) is 21.9 Å². The van der Waals surface area contributed by atoms with Crippen molar-refractivity contribution in [1.29, 1.82) is 0 Å². The predicted molar refractivity (Wildman–Crippen MR) is 107 cm³/mol. The van der Waals surface area contributed by atoms with Crippen molar-refractivity contribution in [2.24, 2.45) is 10.9 Å². The minimum absolute atomic E-state index is 0.207. The van der Waals surface area contributed by atoms with Crippen LogP contribution in [0.15, 0.2) is 40.3 Å². The third-order valence-corrected chi connectivity index (χ3v) is 7.17. The van der Waals surface area contributed by atoms with E-state index in [4.69, 9.17) is 0 Å². The summed E-state index contributed by atoms with van der Waals surface area (Å²) in [6, 6.07) is 5.93. The molecule has 26 heavy (non-hydrogen) atoms. The molecule has 6 nitrogen and oxygen atoms in total. The van der Waals surface area contributed by atoms with Gasteiger partial charge in [-0.15, -0.1) is 6.58 Å². The van der Waals surface area contributed by atoms with Gasteiger partial charge in [-0.05, 0) is 31.0 Å². The van der Waals surface area contributed by atoms with Crippen molar-refractivity contribution in [2.45, 2.75) is 19.4 Å². The maximum Gasteiger partial charge on any atom is 0.252 e. The lowest BCUT2D eigenvalue weighted by Gasteiger charge is -2.28. The van der Waals surface area contributed by atoms with E-state index in [1.54, 1.807) is 6.08 Å². The molecule has 0 N–H and O–H groups in total. The number of thiazole rings is 1. The van der Waals surface area contributed by atoms with Gasteiger partial charge >= 0.3 is 0 Å². The molecule has 1 fully saturated rings. The van der Waals surface area contributed by atoms with Crippen LogP contribution in [0.3, 0.4) is 0 Å². The van der Waals surface area contributed by atoms with E-state index < -0.39 is 15.9 Å². The average Bonchev–Trinajstić information content (AvgIpc) is 2.91. The molecule has 1 saturated heterocycles. The second-order valence-corrected chi connectivity index (χ2v) is 10.2. The van der Waals surface area contributed by atoms with Gasteiger partial charge in [0.15, 0.2) is 4.80 Å². The number of amides is 1. The van der Waals surface area contributed by atoms with Crippen LogP contribution in [0.1, 0.15) is 12.8 Å². The van der Waals surface area contributed by atoms with Crippen LogP contribution in [0.5, 0.6) is 0 Å². The van der Waals surface area contributed by atoms with Crippen molar-refractivity contribution in [3.8, 4) is 0 Å². The van der Waals surface area contributed by atoms with Crippen molar-refractivity contribution in [1.82, 2.24) is 8.87 Å². The number of piperidine rings is 1. The van der Waals surface area contributed by atoms with E-state index in [0.717, 1.165) is 14.7 Å². The van der Waals surface area contributed by atoms with Crippen LogP contribution in [-0.4, -0.2) is 42.5 Å². The zero-order valence-corrected chi connectivity index (χ0v) is 17.6. The highest BCUT2D eigenvalue weighted by atomic mass is 79.9. The predicted octanol–water partition coefficient (Wildman–Crippen LogP) is 2.75. The van der Waals surface area contributed by atoms with Crippen LogP contribution in [0.25, 0.3) is 10.2 Å². The summed E-state index contributed by atoms with van der Waals surface area (Å²) in [5, 5.41) is 0. The SMILES string of the molecule is C=CCn1c(=NC(=O)C2CCCN(S(C)(=O)=O)C2)sc2cc(Br)ccc21. The highest BCUT2D eigenvalue weighted by Crippen LogP contribution is 2.23. The molecule has 1 unspecified atom stereocenters. The lowest BCUT2D eigenvalue weighted by molar-refractivity contribution is -0.122. The Hall–Kier alpha value is -1.29. The van der Waals surface area contributed by atoms with Crippen LogP contribution in [0.2, 0.25) is 0 Å². The Labute approximate surface area is 165 Å². The maximum atomic E-state index is 12.7. The number of carbonyl (C=O) groups is 1. The normalized spacial score (nSPS) is 19.8. The highest BCUT2D eigenvalue weighted by Gasteiger charge is 2.30. The molecule has 9 heteroatoms. The zero-order chi connectivity index (χ0) is 18.9. The summed E-state index contributed by atoms with van der Waals surface area (Å²) in [7, 11) is -3.29. The fraction of sp³-hybridized carbons (Fsp3) is 0.412. The first-order valence-electron chi connectivity index (χ1n) is 8.23. The van der Waals surface area contributed by atoms with E-state index in [2.05, 4.69) is 27.5 Å². The quantitative estimate of drug-likeness (QED) is 0.662. The number of allylic oxidation sites excluding steroid dienone is 1. The number of halogens is 1. The van der Waals surface area contributed by atoms with Crippen molar-refractivity contribution in [2.75, 3.05) is 19.3 Å². The van der Waals surface area contributed by atoms with E-state index >= 15 is 0 Å². The Morgan fingerprint density at radius 1 is 1.50 bits per heavy atom. The Bertz CT molecular complexity index is 1020. The first kappa shape index (κ1) is 19.5.